The normalized spacial score (nSPS) is 12.0. The molecule has 0 radical (unpaired) electrons. The van der Waals surface area contributed by atoms with Crippen molar-refractivity contribution in [2.24, 2.45) is 4.99 Å². The smallest absolute Gasteiger partial charge is 0.348 e. The van der Waals surface area contributed by atoms with Crippen LogP contribution in [0.1, 0.15) is 25.2 Å². The van der Waals surface area contributed by atoms with Gasteiger partial charge in [0, 0.05) is 24.2 Å². The lowest BCUT2D eigenvalue weighted by atomic mass is 10.1. The number of hydrogen-bond donors (Lipinski definition) is 1. The zero-order valence-corrected chi connectivity index (χ0v) is 13.2. The summed E-state index contributed by atoms with van der Waals surface area (Å²) in [4.78, 5) is 16.3. The first kappa shape index (κ1) is 15.0. The SMILES string of the molecule is CCn1cc2ccc(N=C(C)c3c(O)cc(C)oc3=O)cc2n1. The van der Waals surface area contributed by atoms with Crippen molar-refractivity contribution in [1.29, 1.82) is 0 Å². The number of aromatic hydroxyl groups is 1. The molecule has 118 valence electrons. The van der Waals surface area contributed by atoms with E-state index in [-0.39, 0.29) is 11.3 Å². The quantitative estimate of drug-likeness (QED) is 0.753. The van der Waals surface area contributed by atoms with Crippen molar-refractivity contribution < 1.29 is 9.52 Å². The third kappa shape index (κ3) is 2.88. The zero-order chi connectivity index (χ0) is 16.6. The van der Waals surface area contributed by atoms with E-state index in [9.17, 15) is 9.90 Å². The zero-order valence-electron chi connectivity index (χ0n) is 13.2. The lowest BCUT2D eigenvalue weighted by molar-refractivity contribution is 0.432. The van der Waals surface area contributed by atoms with E-state index in [1.54, 1.807) is 13.8 Å². The molecular weight excluding hydrogens is 294 g/mol. The first-order valence-corrected chi connectivity index (χ1v) is 7.34. The van der Waals surface area contributed by atoms with Gasteiger partial charge >= 0.3 is 5.63 Å². The molecule has 0 fully saturated rings. The molecule has 23 heavy (non-hydrogen) atoms. The van der Waals surface area contributed by atoms with Gasteiger partial charge in [-0.05, 0) is 39.0 Å². The Morgan fingerprint density at radius 2 is 2.17 bits per heavy atom. The molecule has 0 spiro atoms. The summed E-state index contributed by atoms with van der Waals surface area (Å²) in [6, 6.07) is 7.03. The third-order valence-corrected chi connectivity index (χ3v) is 3.57. The molecule has 0 saturated heterocycles. The van der Waals surface area contributed by atoms with Gasteiger partial charge in [-0.15, -0.1) is 0 Å². The van der Waals surface area contributed by atoms with Gasteiger partial charge in [-0.2, -0.15) is 5.10 Å². The van der Waals surface area contributed by atoms with E-state index in [2.05, 4.69) is 10.1 Å². The Kier molecular flexibility index (Phi) is 3.73. The lowest BCUT2D eigenvalue weighted by Crippen LogP contribution is -2.12. The maximum absolute atomic E-state index is 11.9. The summed E-state index contributed by atoms with van der Waals surface area (Å²) in [6.07, 6.45) is 1.97. The fourth-order valence-electron chi connectivity index (χ4n) is 2.47. The fourth-order valence-corrected chi connectivity index (χ4v) is 2.47. The largest absolute Gasteiger partial charge is 0.507 e. The van der Waals surface area contributed by atoms with Gasteiger partial charge in [-0.3, -0.25) is 9.67 Å². The van der Waals surface area contributed by atoms with Crippen molar-refractivity contribution in [2.75, 3.05) is 0 Å². The molecule has 0 atom stereocenters. The summed E-state index contributed by atoms with van der Waals surface area (Å²) >= 11 is 0. The number of hydrogen-bond acceptors (Lipinski definition) is 5. The Hall–Kier alpha value is -2.89. The Labute approximate surface area is 132 Å². The molecule has 0 aliphatic heterocycles. The Balaban J connectivity index is 2.05. The second kappa shape index (κ2) is 5.72. The van der Waals surface area contributed by atoms with E-state index >= 15 is 0 Å². The predicted molar refractivity (Wildman–Crippen MR) is 88.7 cm³/mol. The van der Waals surface area contributed by atoms with Crippen molar-refractivity contribution in [3.8, 4) is 5.75 Å². The summed E-state index contributed by atoms with van der Waals surface area (Å²) in [5.41, 5.74) is 1.37. The van der Waals surface area contributed by atoms with Gasteiger partial charge in [-0.25, -0.2) is 4.79 Å². The highest BCUT2D eigenvalue weighted by molar-refractivity contribution is 6.02. The van der Waals surface area contributed by atoms with Gasteiger partial charge < -0.3 is 9.52 Å². The van der Waals surface area contributed by atoms with E-state index in [0.717, 1.165) is 17.4 Å². The van der Waals surface area contributed by atoms with Crippen molar-refractivity contribution in [1.82, 2.24) is 9.78 Å². The van der Waals surface area contributed by atoms with Gasteiger partial charge in [-0.1, -0.05) is 0 Å². The van der Waals surface area contributed by atoms with E-state index in [1.165, 1.54) is 6.07 Å². The number of nitrogens with zero attached hydrogens (tertiary/aromatic N) is 3. The van der Waals surface area contributed by atoms with Crippen LogP contribution in [0.3, 0.4) is 0 Å². The van der Waals surface area contributed by atoms with Crippen LogP contribution in [0.2, 0.25) is 0 Å². The molecule has 0 unspecified atom stereocenters. The highest BCUT2D eigenvalue weighted by atomic mass is 16.4. The minimum Gasteiger partial charge on any atom is -0.507 e. The van der Waals surface area contributed by atoms with Gasteiger partial charge in [0.1, 0.15) is 17.1 Å². The minimum absolute atomic E-state index is 0.0785. The van der Waals surface area contributed by atoms with Crippen LogP contribution in [0.5, 0.6) is 5.75 Å². The maximum atomic E-state index is 11.9. The molecule has 3 rings (SSSR count). The molecule has 0 aliphatic rings. The van der Waals surface area contributed by atoms with Gasteiger partial charge in [0.05, 0.1) is 16.9 Å². The average Bonchev–Trinajstić information content (AvgIpc) is 2.88. The highest BCUT2D eigenvalue weighted by Gasteiger charge is 2.13. The summed E-state index contributed by atoms with van der Waals surface area (Å²) in [5.74, 6) is 0.229. The predicted octanol–water partition coefficient (Wildman–Crippen LogP) is 3.16. The van der Waals surface area contributed by atoms with E-state index in [0.29, 0.717) is 17.2 Å². The standard InChI is InChI=1S/C17H17N3O3/c1-4-20-9-12-5-6-13(8-14(12)19-20)18-11(3)16-15(21)7-10(2)23-17(16)22/h5-9,21H,4H2,1-3H3. The van der Waals surface area contributed by atoms with Crippen molar-refractivity contribution in [3.05, 3.63) is 52.2 Å². The summed E-state index contributed by atoms with van der Waals surface area (Å²) in [5, 5.41) is 15.4. The minimum atomic E-state index is -0.597. The Morgan fingerprint density at radius 1 is 1.39 bits per heavy atom. The molecule has 0 bridgehead atoms. The van der Waals surface area contributed by atoms with Crippen LogP contribution in [-0.2, 0) is 6.54 Å². The molecule has 0 saturated carbocycles. The lowest BCUT2D eigenvalue weighted by Gasteiger charge is -2.03. The van der Waals surface area contributed by atoms with Crippen LogP contribution in [-0.4, -0.2) is 20.6 Å². The highest BCUT2D eigenvalue weighted by Crippen LogP contribution is 2.22. The van der Waals surface area contributed by atoms with Crippen LogP contribution in [0.4, 0.5) is 5.69 Å². The Morgan fingerprint density at radius 3 is 2.87 bits per heavy atom. The van der Waals surface area contributed by atoms with E-state index < -0.39 is 5.63 Å². The average molecular weight is 311 g/mol. The molecule has 6 nitrogen and oxygen atoms in total. The monoisotopic (exact) mass is 311 g/mol. The van der Waals surface area contributed by atoms with Crippen molar-refractivity contribution >= 4 is 22.3 Å². The molecule has 2 aromatic heterocycles. The molecule has 6 heteroatoms. The van der Waals surface area contributed by atoms with Crippen LogP contribution in [0, 0.1) is 6.92 Å². The van der Waals surface area contributed by atoms with Crippen molar-refractivity contribution in [2.45, 2.75) is 27.3 Å². The molecular formula is C17H17N3O3. The maximum Gasteiger partial charge on any atom is 0.348 e. The topological polar surface area (TPSA) is 80.6 Å². The number of rotatable bonds is 3. The van der Waals surface area contributed by atoms with Crippen LogP contribution in [0.15, 0.2) is 44.7 Å². The summed E-state index contributed by atoms with van der Waals surface area (Å²) in [6.45, 7) is 6.09. The second-order valence-electron chi connectivity index (χ2n) is 5.33. The second-order valence-corrected chi connectivity index (χ2v) is 5.33. The van der Waals surface area contributed by atoms with Crippen molar-refractivity contribution in [3.63, 3.8) is 0 Å². The molecule has 0 amide bonds. The molecule has 0 aliphatic carbocycles. The van der Waals surface area contributed by atoms with Gasteiger partial charge in [0.2, 0.25) is 0 Å². The van der Waals surface area contributed by atoms with E-state index in [4.69, 9.17) is 4.42 Å². The number of fused-ring (bicyclic) bond motifs is 1. The number of benzene rings is 1. The van der Waals surface area contributed by atoms with Crippen LogP contribution < -0.4 is 5.63 Å². The molecule has 1 N–H and O–H groups in total. The van der Waals surface area contributed by atoms with Crippen LogP contribution in [0.25, 0.3) is 10.9 Å². The number of aliphatic imine (C=N–C) groups is 1. The van der Waals surface area contributed by atoms with Gasteiger partial charge in [0.15, 0.2) is 0 Å². The number of aromatic nitrogens is 2. The van der Waals surface area contributed by atoms with Gasteiger partial charge in [0.25, 0.3) is 0 Å². The van der Waals surface area contributed by atoms with E-state index in [1.807, 2.05) is 36.0 Å². The van der Waals surface area contributed by atoms with Crippen LogP contribution >= 0.6 is 0 Å². The first-order valence-electron chi connectivity index (χ1n) is 7.34. The summed E-state index contributed by atoms with van der Waals surface area (Å²) in [7, 11) is 0. The molecule has 2 heterocycles. The third-order valence-electron chi connectivity index (χ3n) is 3.57. The number of aryl methyl sites for hydroxylation is 2. The fraction of sp³-hybridized carbons (Fsp3) is 0.235. The molecule has 1 aromatic carbocycles. The first-order chi connectivity index (χ1) is 11.0. The summed E-state index contributed by atoms with van der Waals surface area (Å²) < 4.78 is 6.88. The molecule has 3 aromatic rings. The Bertz CT molecular complexity index is 967.